The minimum atomic E-state index is -0.0365. The Bertz CT molecular complexity index is 2750. The summed E-state index contributed by atoms with van der Waals surface area (Å²) in [6.45, 7) is 14.8. The van der Waals surface area contributed by atoms with Crippen LogP contribution in [0, 0.1) is 35.5 Å². The molecule has 3 aromatic rings. The molecule has 3 aromatic carbocycles. The van der Waals surface area contributed by atoms with Crippen LogP contribution < -0.4 is 31.9 Å². The summed E-state index contributed by atoms with van der Waals surface area (Å²) < 4.78 is 0. The molecule has 8 nitrogen and oxygen atoms in total. The standard InChI is InChI=1S/C70H94N8/c1-6-10-25-51(22-7-2)67(71)76-70(58(23-8-3)48(5)9-4)74-46-49-35-39-56(40-36-49)77-63-33-19-17-31-59(63)61-44-54(37-41-65(61)77)55-38-42-66-62(45-55)60-32-18-20-34-64(60)78(66)57-30-21-24-50(43-57)47-73-69(53-28-15-12-16-29-53)75-68(72)52-26-13-11-14-27-52/h8,11,13,15,17-21,24,26,28-33,35-36,39-40,43,48,51,54-55,58,61-62,64-67,70,74,76H,3,6-7,9-10,12,14,16,22-23,25,27,34,37-38,41-42,44-47,71H2,1-2,4-5H3,(H2,72,73,75)/t48?,51-,54?,55?,58?,61+,62+,64?,65?,66?,67?,70+/m1/s1. The van der Waals surface area contributed by atoms with Crippen LogP contribution in [0.4, 0.5) is 17.1 Å². The van der Waals surface area contributed by atoms with Gasteiger partial charge in [0.15, 0.2) is 5.84 Å². The first-order valence-electron chi connectivity index (χ1n) is 30.9. The number of nitrogens with two attached hydrogens (primary N) is 2. The summed E-state index contributed by atoms with van der Waals surface area (Å²) in [5, 5.41) is 7.95. The Morgan fingerprint density at radius 1 is 0.821 bits per heavy atom. The molecule has 2 heterocycles. The van der Waals surface area contributed by atoms with Gasteiger partial charge in [-0.3, -0.25) is 15.6 Å². The molecule has 0 amide bonds. The van der Waals surface area contributed by atoms with Crippen LogP contribution in [0.2, 0.25) is 0 Å². The number of rotatable bonds is 23. The second kappa shape index (κ2) is 26.6. The maximum Gasteiger partial charge on any atom is 0.156 e. The van der Waals surface area contributed by atoms with Crippen molar-refractivity contribution >= 4 is 28.7 Å². The van der Waals surface area contributed by atoms with Gasteiger partial charge in [0.25, 0.3) is 0 Å². The van der Waals surface area contributed by atoms with Crippen LogP contribution in [0.1, 0.15) is 166 Å². The number of unbranched alkanes of at least 4 members (excludes halogenated alkanes) is 1. The van der Waals surface area contributed by atoms with E-state index in [2.05, 4.69) is 188 Å². The first kappa shape index (κ1) is 55.8. The first-order chi connectivity index (χ1) is 38.3. The molecule has 10 rings (SSSR count). The van der Waals surface area contributed by atoms with Crippen LogP contribution in [-0.4, -0.2) is 42.1 Å². The van der Waals surface area contributed by atoms with Gasteiger partial charge in [0.05, 0.1) is 24.9 Å². The Morgan fingerprint density at radius 2 is 1.63 bits per heavy atom. The minimum absolute atomic E-state index is 0.0365. The Morgan fingerprint density at radius 3 is 2.38 bits per heavy atom. The fourth-order valence-corrected chi connectivity index (χ4v) is 15.1. The van der Waals surface area contributed by atoms with Gasteiger partial charge in [0.2, 0.25) is 0 Å². The molecule has 3 fully saturated rings. The average molecular weight is 1050 g/mol. The molecule has 1 saturated heterocycles. The monoisotopic (exact) mass is 1050 g/mol. The van der Waals surface area contributed by atoms with E-state index in [9.17, 15) is 0 Å². The number of benzene rings is 3. The van der Waals surface area contributed by atoms with E-state index in [4.69, 9.17) is 21.5 Å². The highest BCUT2D eigenvalue weighted by molar-refractivity contribution is 6.12. The molecule has 12 atom stereocenters. The van der Waals surface area contributed by atoms with E-state index in [1.807, 2.05) is 0 Å². The van der Waals surface area contributed by atoms with Crippen LogP contribution in [0.5, 0.6) is 0 Å². The van der Waals surface area contributed by atoms with Gasteiger partial charge in [0.1, 0.15) is 5.84 Å². The van der Waals surface area contributed by atoms with E-state index < -0.39 is 0 Å². The summed E-state index contributed by atoms with van der Waals surface area (Å²) in [4.78, 5) is 15.7. The number of para-hydroxylation sites is 1. The molecule has 7 aliphatic rings. The predicted octanol–water partition coefficient (Wildman–Crippen LogP) is 15.6. The zero-order valence-corrected chi connectivity index (χ0v) is 47.9. The highest BCUT2D eigenvalue weighted by Gasteiger charge is 2.51. The Kier molecular flexibility index (Phi) is 19.0. The van der Waals surface area contributed by atoms with Crippen molar-refractivity contribution in [2.75, 3.05) is 9.80 Å². The number of aliphatic imine (C=N–C) groups is 2. The second-order valence-electron chi connectivity index (χ2n) is 24.3. The molecule has 78 heavy (non-hydrogen) atoms. The first-order valence-corrected chi connectivity index (χ1v) is 30.9. The lowest BCUT2D eigenvalue weighted by Gasteiger charge is -2.44. The van der Waals surface area contributed by atoms with Gasteiger partial charge in [0, 0.05) is 53.1 Å². The van der Waals surface area contributed by atoms with Crippen molar-refractivity contribution in [1.29, 1.82) is 0 Å². The number of fused-ring (bicyclic) bond motifs is 6. The third-order valence-electron chi connectivity index (χ3n) is 19.5. The van der Waals surface area contributed by atoms with Crippen LogP contribution in [0.25, 0.3) is 0 Å². The van der Waals surface area contributed by atoms with Crippen LogP contribution in [0.3, 0.4) is 0 Å². The van der Waals surface area contributed by atoms with Crippen molar-refractivity contribution in [2.45, 2.75) is 193 Å². The zero-order chi connectivity index (χ0) is 54.0. The summed E-state index contributed by atoms with van der Waals surface area (Å²) >= 11 is 0. The van der Waals surface area contributed by atoms with Gasteiger partial charge in [-0.15, -0.1) is 6.58 Å². The average Bonchev–Trinajstić information content (AvgIpc) is 4.07. The van der Waals surface area contributed by atoms with Crippen molar-refractivity contribution in [3.63, 3.8) is 0 Å². The van der Waals surface area contributed by atoms with E-state index in [0.717, 1.165) is 93.1 Å². The lowest BCUT2D eigenvalue weighted by molar-refractivity contribution is 0.150. The molecule has 2 saturated carbocycles. The molecule has 8 unspecified atom stereocenters. The molecule has 414 valence electrons. The fourth-order valence-electron chi connectivity index (χ4n) is 15.1. The lowest BCUT2D eigenvalue weighted by Crippen LogP contribution is -2.57. The van der Waals surface area contributed by atoms with Crippen molar-refractivity contribution < 1.29 is 0 Å². The van der Waals surface area contributed by atoms with Gasteiger partial charge in [-0.25, -0.2) is 4.99 Å². The van der Waals surface area contributed by atoms with E-state index in [-0.39, 0.29) is 12.3 Å². The minimum Gasteiger partial charge on any atom is -0.383 e. The quantitative estimate of drug-likeness (QED) is 0.0326. The number of nitrogens with zero attached hydrogens (tertiary/aromatic N) is 4. The molecule has 8 heteroatoms. The third kappa shape index (κ3) is 12.6. The molecule has 0 spiro atoms. The number of amidine groups is 2. The van der Waals surface area contributed by atoms with Gasteiger partial charge in [-0.05, 0) is 178 Å². The molecule has 5 aliphatic carbocycles. The second-order valence-corrected chi connectivity index (χ2v) is 24.3. The SMILES string of the molecule is C=CCC(C(C)CC)[C@@H](NCc1ccc(N2c3ccccc3[C@@H]3CC(C4CCC5[C@@H](C4)C4=CC=CCC4N5c4cccc(CN=C(N=C(N)C5=CC=CCC5)C5=CCCC=C5)c4)CCC32)cc1)NC(N)[C@H](CCC)CCCC. The zero-order valence-electron chi connectivity index (χ0n) is 47.9. The highest BCUT2D eigenvalue weighted by Crippen LogP contribution is 2.57. The van der Waals surface area contributed by atoms with Gasteiger partial charge >= 0.3 is 0 Å². The maximum absolute atomic E-state index is 7.05. The Labute approximate surface area is 470 Å². The molecule has 0 aromatic heterocycles. The summed E-state index contributed by atoms with van der Waals surface area (Å²) in [6.07, 6.45) is 43.2. The number of hydrogen-bond acceptors (Lipinski definition) is 6. The number of anilines is 3. The van der Waals surface area contributed by atoms with Crippen molar-refractivity contribution in [3.05, 3.63) is 174 Å². The van der Waals surface area contributed by atoms with Crippen LogP contribution in [0.15, 0.2) is 167 Å². The van der Waals surface area contributed by atoms with Crippen LogP contribution in [-0.2, 0) is 13.1 Å². The smallest absolute Gasteiger partial charge is 0.156 e. The van der Waals surface area contributed by atoms with Gasteiger partial charge in [-0.1, -0.05) is 157 Å². The largest absolute Gasteiger partial charge is 0.383 e. The maximum atomic E-state index is 7.05. The number of allylic oxidation sites excluding steroid dienone is 8. The summed E-state index contributed by atoms with van der Waals surface area (Å²) in [6, 6.07) is 29.6. The van der Waals surface area contributed by atoms with E-state index >= 15 is 0 Å². The van der Waals surface area contributed by atoms with Gasteiger partial charge < -0.3 is 21.3 Å². The molecule has 6 N–H and O–H groups in total. The summed E-state index contributed by atoms with van der Waals surface area (Å²) in [5.41, 5.74) is 25.7. The van der Waals surface area contributed by atoms with Gasteiger partial charge in [-0.2, -0.15) is 0 Å². The Hall–Kier alpha value is -5.54. The predicted molar refractivity (Wildman–Crippen MR) is 331 cm³/mol. The highest BCUT2D eigenvalue weighted by atomic mass is 15.2. The van der Waals surface area contributed by atoms with E-state index in [0.29, 0.717) is 60.1 Å². The molecule has 2 aliphatic heterocycles. The third-order valence-corrected chi connectivity index (χ3v) is 19.5. The summed E-state index contributed by atoms with van der Waals surface area (Å²) in [7, 11) is 0. The van der Waals surface area contributed by atoms with Crippen molar-refractivity contribution in [2.24, 2.45) is 57.0 Å². The van der Waals surface area contributed by atoms with Crippen molar-refractivity contribution in [1.82, 2.24) is 10.6 Å². The lowest BCUT2D eigenvalue weighted by atomic mass is 9.65. The molecule has 0 bridgehead atoms. The van der Waals surface area contributed by atoms with E-state index in [1.54, 1.807) is 11.1 Å². The molecule has 0 radical (unpaired) electrons. The summed E-state index contributed by atoms with van der Waals surface area (Å²) in [5.74, 6) is 5.38. The van der Waals surface area contributed by atoms with E-state index in [1.165, 1.54) is 86.0 Å². The van der Waals surface area contributed by atoms with Crippen molar-refractivity contribution in [3.8, 4) is 0 Å². The topological polar surface area (TPSA) is 107 Å². The number of nitrogens with one attached hydrogen (secondary N) is 2. The van der Waals surface area contributed by atoms with Crippen LogP contribution >= 0.6 is 0 Å². The molecular weight excluding hydrogens is 953 g/mol. The Balaban J connectivity index is 0.810. The normalized spacial score (nSPS) is 26.7. The number of hydrogen-bond donors (Lipinski definition) is 4. The fraction of sp³-hybridized carbons (Fsp3) is 0.514. The molecular formula is C70H94N8.